The SMILES string of the molecule is CCc1nn(C)cc1CNCC(C)(C)CC(C)O. The highest BCUT2D eigenvalue weighted by molar-refractivity contribution is 5.16. The topological polar surface area (TPSA) is 50.1 Å². The number of aliphatic hydroxyl groups is 1. The van der Waals surface area contributed by atoms with Gasteiger partial charge >= 0.3 is 0 Å². The molecular weight excluding hydrogens is 226 g/mol. The van der Waals surface area contributed by atoms with Gasteiger partial charge in [0.25, 0.3) is 0 Å². The lowest BCUT2D eigenvalue weighted by Gasteiger charge is -2.26. The molecule has 1 aromatic rings. The third kappa shape index (κ3) is 4.78. The maximum atomic E-state index is 9.45. The van der Waals surface area contributed by atoms with Gasteiger partial charge in [-0.25, -0.2) is 0 Å². The van der Waals surface area contributed by atoms with E-state index in [4.69, 9.17) is 0 Å². The molecule has 0 aliphatic heterocycles. The fraction of sp³-hybridized carbons (Fsp3) is 0.786. The van der Waals surface area contributed by atoms with Gasteiger partial charge in [-0.05, 0) is 25.2 Å². The predicted octanol–water partition coefficient (Wildman–Crippen LogP) is 1.87. The number of rotatable bonds is 7. The highest BCUT2D eigenvalue weighted by Crippen LogP contribution is 2.21. The Hall–Kier alpha value is -0.870. The molecule has 0 amide bonds. The first-order valence-corrected chi connectivity index (χ1v) is 6.74. The highest BCUT2D eigenvalue weighted by Gasteiger charge is 2.19. The van der Waals surface area contributed by atoms with Crippen molar-refractivity contribution in [1.82, 2.24) is 15.1 Å². The fourth-order valence-corrected chi connectivity index (χ4v) is 2.44. The molecule has 0 saturated carbocycles. The summed E-state index contributed by atoms with van der Waals surface area (Å²) in [5, 5.41) is 17.3. The molecule has 0 saturated heterocycles. The molecule has 1 atom stereocenters. The second kappa shape index (κ2) is 6.34. The average molecular weight is 253 g/mol. The van der Waals surface area contributed by atoms with Crippen LogP contribution < -0.4 is 5.32 Å². The van der Waals surface area contributed by atoms with Gasteiger partial charge in [0.2, 0.25) is 0 Å². The second-order valence-corrected chi connectivity index (χ2v) is 5.95. The van der Waals surface area contributed by atoms with E-state index in [0.29, 0.717) is 0 Å². The summed E-state index contributed by atoms with van der Waals surface area (Å²) in [6.07, 6.45) is 3.61. The van der Waals surface area contributed by atoms with Gasteiger partial charge in [0.05, 0.1) is 11.8 Å². The van der Waals surface area contributed by atoms with Crippen molar-refractivity contribution in [3.05, 3.63) is 17.5 Å². The van der Waals surface area contributed by atoms with Crippen LogP contribution in [0, 0.1) is 5.41 Å². The molecule has 4 nitrogen and oxygen atoms in total. The van der Waals surface area contributed by atoms with Crippen molar-refractivity contribution in [3.63, 3.8) is 0 Å². The Morgan fingerprint density at radius 1 is 1.50 bits per heavy atom. The van der Waals surface area contributed by atoms with E-state index in [1.54, 1.807) is 0 Å². The predicted molar refractivity (Wildman–Crippen MR) is 74.4 cm³/mol. The maximum absolute atomic E-state index is 9.45. The van der Waals surface area contributed by atoms with Crippen molar-refractivity contribution in [2.24, 2.45) is 12.5 Å². The highest BCUT2D eigenvalue weighted by atomic mass is 16.3. The molecule has 2 N–H and O–H groups in total. The number of hydrogen-bond donors (Lipinski definition) is 2. The van der Waals surface area contributed by atoms with Crippen LogP contribution in [-0.4, -0.2) is 27.5 Å². The van der Waals surface area contributed by atoms with E-state index in [-0.39, 0.29) is 11.5 Å². The molecule has 0 spiro atoms. The van der Waals surface area contributed by atoms with Gasteiger partial charge in [-0.3, -0.25) is 4.68 Å². The van der Waals surface area contributed by atoms with Gasteiger partial charge in [0.15, 0.2) is 0 Å². The molecule has 104 valence electrons. The fourth-order valence-electron chi connectivity index (χ4n) is 2.44. The first-order chi connectivity index (χ1) is 8.34. The Morgan fingerprint density at radius 2 is 2.17 bits per heavy atom. The van der Waals surface area contributed by atoms with Gasteiger partial charge in [0.1, 0.15) is 0 Å². The zero-order valence-corrected chi connectivity index (χ0v) is 12.3. The second-order valence-electron chi connectivity index (χ2n) is 5.95. The minimum Gasteiger partial charge on any atom is -0.393 e. The largest absolute Gasteiger partial charge is 0.393 e. The number of hydrogen-bond acceptors (Lipinski definition) is 3. The summed E-state index contributed by atoms with van der Waals surface area (Å²) in [6, 6.07) is 0. The van der Waals surface area contributed by atoms with Crippen LogP contribution in [0.1, 0.15) is 45.4 Å². The summed E-state index contributed by atoms with van der Waals surface area (Å²) < 4.78 is 1.87. The van der Waals surface area contributed by atoms with Crippen molar-refractivity contribution < 1.29 is 5.11 Å². The number of nitrogens with zero attached hydrogens (tertiary/aromatic N) is 2. The number of aromatic nitrogens is 2. The smallest absolute Gasteiger partial charge is 0.0666 e. The van der Waals surface area contributed by atoms with Crippen molar-refractivity contribution >= 4 is 0 Å². The van der Waals surface area contributed by atoms with E-state index < -0.39 is 0 Å². The monoisotopic (exact) mass is 253 g/mol. The van der Waals surface area contributed by atoms with Gasteiger partial charge in [-0.15, -0.1) is 0 Å². The molecule has 0 aromatic carbocycles. The molecular formula is C14H27N3O. The Balaban J connectivity index is 2.45. The van der Waals surface area contributed by atoms with Crippen molar-refractivity contribution in [2.75, 3.05) is 6.54 Å². The van der Waals surface area contributed by atoms with Crippen molar-refractivity contribution in [3.8, 4) is 0 Å². The van der Waals surface area contributed by atoms with Crippen molar-refractivity contribution in [1.29, 1.82) is 0 Å². The Kier molecular flexibility index (Phi) is 5.35. The van der Waals surface area contributed by atoms with Gasteiger partial charge < -0.3 is 10.4 Å². The molecule has 0 aliphatic rings. The molecule has 0 fully saturated rings. The van der Waals surface area contributed by atoms with Crippen LogP contribution in [0.4, 0.5) is 0 Å². The molecule has 4 heteroatoms. The zero-order valence-electron chi connectivity index (χ0n) is 12.3. The summed E-state index contributed by atoms with van der Waals surface area (Å²) in [5.41, 5.74) is 2.55. The molecule has 1 rings (SSSR count). The van der Waals surface area contributed by atoms with Crippen LogP contribution in [0.15, 0.2) is 6.20 Å². The molecule has 0 aliphatic carbocycles. The molecule has 0 bridgehead atoms. The van der Waals surface area contributed by atoms with E-state index in [1.165, 1.54) is 11.3 Å². The Morgan fingerprint density at radius 3 is 2.72 bits per heavy atom. The van der Waals surface area contributed by atoms with Crippen LogP contribution in [0.25, 0.3) is 0 Å². The van der Waals surface area contributed by atoms with Crippen LogP contribution >= 0.6 is 0 Å². The van der Waals surface area contributed by atoms with E-state index >= 15 is 0 Å². The Bertz CT molecular complexity index is 369. The van der Waals surface area contributed by atoms with E-state index in [9.17, 15) is 5.11 Å². The van der Waals surface area contributed by atoms with Gasteiger partial charge in [0, 0.05) is 31.9 Å². The van der Waals surface area contributed by atoms with Crippen molar-refractivity contribution in [2.45, 2.75) is 53.2 Å². The van der Waals surface area contributed by atoms with Crippen LogP contribution in [0.3, 0.4) is 0 Å². The molecule has 1 aromatic heterocycles. The summed E-state index contributed by atoms with van der Waals surface area (Å²) in [6.45, 7) is 10.1. The normalized spacial score (nSPS) is 13.9. The summed E-state index contributed by atoms with van der Waals surface area (Å²) >= 11 is 0. The standard InChI is InChI=1S/C14H27N3O/c1-6-13-12(9-17(5)16-13)8-15-10-14(3,4)7-11(2)18/h9,11,15,18H,6-8,10H2,1-5H3. The van der Waals surface area contributed by atoms with Gasteiger partial charge in [-0.2, -0.15) is 5.10 Å². The molecule has 1 unspecified atom stereocenters. The van der Waals surface area contributed by atoms with E-state index in [2.05, 4.69) is 37.4 Å². The minimum atomic E-state index is -0.244. The summed E-state index contributed by atoms with van der Waals surface area (Å²) in [4.78, 5) is 0. The molecule has 0 radical (unpaired) electrons. The first-order valence-electron chi connectivity index (χ1n) is 6.74. The van der Waals surface area contributed by atoms with Crippen LogP contribution in [0.5, 0.6) is 0 Å². The third-order valence-corrected chi connectivity index (χ3v) is 3.09. The average Bonchev–Trinajstić information content (AvgIpc) is 2.56. The number of nitrogens with one attached hydrogen (secondary N) is 1. The number of aryl methyl sites for hydroxylation is 2. The lowest BCUT2D eigenvalue weighted by Crippen LogP contribution is -2.31. The lowest BCUT2D eigenvalue weighted by atomic mass is 9.87. The first kappa shape index (κ1) is 15.2. The quantitative estimate of drug-likeness (QED) is 0.780. The molecule has 18 heavy (non-hydrogen) atoms. The number of aliphatic hydroxyl groups excluding tert-OH is 1. The van der Waals surface area contributed by atoms with Gasteiger partial charge in [-0.1, -0.05) is 20.8 Å². The third-order valence-electron chi connectivity index (χ3n) is 3.09. The lowest BCUT2D eigenvalue weighted by molar-refractivity contribution is 0.128. The Labute approximate surface area is 110 Å². The van der Waals surface area contributed by atoms with Crippen LogP contribution in [-0.2, 0) is 20.0 Å². The zero-order chi connectivity index (χ0) is 13.8. The summed E-state index contributed by atoms with van der Waals surface area (Å²) in [5.74, 6) is 0. The molecule has 1 heterocycles. The maximum Gasteiger partial charge on any atom is 0.0666 e. The van der Waals surface area contributed by atoms with E-state index in [0.717, 1.165) is 25.9 Å². The van der Waals surface area contributed by atoms with Crippen LogP contribution in [0.2, 0.25) is 0 Å². The van der Waals surface area contributed by atoms with E-state index in [1.807, 2.05) is 18.7 Å². The summed E-state index contributed by atoms with van der Waals surface area (Å²) in [7, 11) is 1.96. The minimum absolute atomic E-state index is 0.114.